The number of sulfonamides is 1. The molecule has 9 heteroatoms. The summed E-state index contributed by atoms with van der Waals surface area (Å²) in [4.78, 5) is 12.6. The molecule has 2 N–H and O–H groups in total. The van der Waals surface area contributed by atoms with Crippen LogP contribution in [0.4, 0.5) is 15.8 Å². The summed E-state index contributed by atoms with van der Waals surface area (Å²) in [5.74, 6) is -0.00185. The second-order valence-electron chi connectivity index (χ2n) is 6.91. The fourth-order valence-electron chi connectivity index (χ4n) is 3.09. The van der Waals surface area contributed by atoms with Crippen molar-refractivity contribution in [1.82, 2.24) is 0 Å². The van der Waals surface area contributed by atoms with Gasteiger partial charge in [-0.25, -0.2) is 12.8 Å². The summed E-state index contributed by atoms with van der Waals surface area (Å²) in [5, 5.41) is 2.70. The van der Waals surface area contributed by atoms with Crippen LogP contribution in [0.3, 0.4) is 0 Å². The van der Waals surface area contributed by atoms with E-state index in [1.165, 1.54) is 48.5 Å². The summed E-state index contributed by atoms with van der Waals surface area (Å²) in [6, 6.07) is 14.5. The highest BCUT2D eigenvalue weighted by molar-refractivity contribution is 7.92. The quantitative estimate of drug-likeness (QED) is 0.624. The van der Waals surface area contributed by atoms with Crippen LogP contribution in [-0.2, 0) is 10.0 Å². The molecule has 31 heavy (non-hydrogen) atoms. The Balaban J connectivity index is 1.53. The number of anilines is 2. The zero-order valence-corrected chi connectivity index (χ0v) is 17.3. The third-order valence-corrected chi connectivity index (χ3v) is 6.02. The van der Waals surface area contributed by atoms with Gasteiger partial charge in [0, 0.05) is 23.0 Å². The van der Waals surface area contributed by atoms with Gasteiger partial charge in [-0.2, -0.15) is 0 Å². The average Bonchev–Trinajstić information content (AvgIpc) is 2.75. The van der Waals surface area contributed by atoms with Crippen LogP contribution in [0.5, 0.6) is 11.5 Å². The summed E-state index contributed by atoms with van der Waals surface area (Å²) in [6.07, 6.45) is 0. The lowest BCUT2D eigenvalue weighted by molar-refractivity contribution is 0.102. The molecule has 4 rings (SSSR count). The zero-order chi connectivity index (χ0) is 22.0. The molecule has 0 aliphatic carbocycles. The van der Waals surface area contributed by atoms with E-state index in [4.69, 9.17) is 9.47 Å². The van der Waals surface area contributed by atoms with Gasteiger partial charge in [0.25, 0.3) is 15.9 Å². The maximum atomic E-state index is 13.3. The first-order chi connectivity index (χ1) is 14.8. The number of halogens is 1. The standard InChI is InChI=1S/C22H19FN2O5S/c1-14-11-16(23)5-7-19(14)24-22(26)15-3-2-4-17(12-15)25-31(27,28)18-6-8-20-21(13-18)30-10-9-29-20/h2-8,11-13,25H,9-10H2,1H3,(H,24,26). The molecule has 3 aromatic carbocycles. The Morgan fingerprint density at radius 1 is 0.968 bits per heavy atom. The highest BCUT2D eigenvalue weighted by Gasteiger charge is 2.20. The summed E-state index contributed by atoms with van der Waals surface area (Å²) in [6.45, 7) is 2.43. The summed E-state index contributed by atoms with van der Waals surface area (Å²) >= 11 is 0. The maximum Gasteiger partial charge on any atom is 0.262 e. The van der Waals surface area contributed by atoms with Gasteiger partial charge in [0.1, 0.15) is 19.0 Å². The molecule has 0 saturated heterocycles. The average molecular weight is 442 g/mol. The van der Waals surface area contributed by atoms with E-state index in [9.17, 15) is 17.6 Å². The molecule has 7 nitrogen and oxygen atoms in total. The minimum absolute atomic E-state index is 0.00791. The molecule has 0 bridgehead atoms. The molecule has 0 unspecified atom stereocenters. The fourth-order valence-corrected chi connectivity index (χ4v) is 4.16. The van der Waals surface area contributed by atoms with Gasteiger partial charge in [0.15, 0.2) is 11.5 Å². The van der Waals surface area contributed by atoms with Gasteiger partial charge >= 0.3 is 0 Å². The molecule has 1 amide bonds. The fraction of sp³-hybridized carbons (Fsp3) is 0.136. The minimum atomic E-state index is -3.92. The van der Waals surface area contributed by atoms with Crippen molar-refractivity contribution in [3.05, 3.63) is 77.6 Å². The van der Waals surface area contributed by atoms with Gasteiger partial charge in [-0.05, 0) is 61.0 Å². The topological polar surface area (TPSA) is 93.7 Å². The van der Waals surface area contributed by atoms with Gasteiger partial charge in [0.2, 0.25) is 0 Å². The van der Waals surface area contributed by atoms with Gasteiger partial charge in [-0.15, -0.1) is 0 Å². The monoisotopic (exact) mass is 442 g/mol. The predicted molar refractivity (Wildman–Crippen MR) is 114 cm³/mol. The Morgan fingerprint density at radius 2 is 1.74 bits per heavy atom. The van der Waals surface area contributed by atoms with Gasteiger partial charge < -0.3 is 14.8 Å². The number of hydrogen-bond acceptors (Lipinski definition) is 5. The lowest BCUT2D eigenvalue weighted by Gasteiger charge is -2.19. The molecule has 1 heterocycles. The molecule has 0 fully saturated rings. The highest BCUT2D eigenvalue weighted by atomic mass is 32.2. The van der Waals surface area contributed by atoms with Crippen LogP contribution < -0.4 is 19.5 Å². The van der Waals surface area contributed by atoms with Gasteiger partial charge in [-0.1, -0.05) is 6.07 Å². The second kappa shape index (κ2) is 8.27. The van der Waals surface area contributed by atoms with Crippen molar-refractivity contribution in [2.45, 2.75) is 11.8 Å². The van der Waals surface area contributed by atoms with E-state index in [0.29, 0.717) is 36.0 Å². The Morgan fingerprint density at radius 3 is 2.52 bits per heavy atom. The van der Waals surface area contributed by atoms with Gasteiger partial charge in [0.05, 0.1) is 4.90 Å². The summed E-state index contributed by atoms with van der Waals surface area (Å²) < 4.78 is 52.2. The van der Waals surface area contributed by atoms with E-state index < -0.39 is 21.7 Å². The van der Waals surface area contributed by atoms with Crippen LogP contribution in [0.15, 0.2) is 65.6 Å². The Kier molecular flexibility index (Phi) is 5.51. The molecule has 0 spiro atoms. The van der Waals surface area contributed by atoms with E-state index in [-0.39, 0.29) is 16.1 Å². The number of fused-ring (bicyclic) bond motifs is 1. The Labute approximate surface area is 178 Å². The number of ether oxygens (including phenoxy) is 2. The number of benzene rings is 3. The number of hydrogen-bond donors (Lipinski definition) is 2. The summed E-state index contributed by atoms with van der Waals surface area (Å²) in [5.41, 5.74) is 1.50. The predicted octanol–water partition coefficient (Wildman–Crippen LogP) is 3.96. The molecule has 1 aliphatic rings. The van der Waals surface area contributed by atoms with Crippen LogP contribution in [0, 0.1) is 12.7 Å². The van der Waals surface area contributed by atoms with Crippen molar-refractivity contribution < 1.29 is 27.1 Å². The van der Waals surface area contributed by atoms with Crippen LogP contribution in [0.25, 0.3) is 0 Å². The second-order valence-corrected chi connectivity index (χ2v) is 8.59. The normalized spacial score (nSPS) is 12.8. The van der Waals surface area contributed by atoms with Crippen molar-refractivity contribution in [2.24, 2.45) is 0 Å². The van der Waals surface area contributed by atoms with E-state index >= 15 is 0 Å². The van der Waals surface area contributed by atoms with Crippen molar-refractivity contribution in [2.75, 3.05) is 23.3 Å². The van der Waals surface area contributed by atoms with Crippen molar-refractivity contribution >= 4 is 27.3 Å². The van der Waals surface area contributed by atoms with Crippen molar-refractivity contribution in [3.63, 3.8) is 0 Å². The zero-order valence-electron chi connectivity index (χ0n) is 16.5. The number of nitrogens with one attached hydrogen (secondary N) is 2. The van der Waals surface area contributed by atoms with Crippen molar-refractivity contribution in [1.29, 1.82) is 0 Å². The third-order valence-electron chi connectivity index (χ3n) is 4.64. The third kappa shape index (κ3) is 4.61. The van der Waals surface area contributed by atoms with E-state index in [0.717, 1.165) is 0 Å². The number of rotatable bonds is 5. The van der Waals surface area contributed by atoms with Crippen LogP contribution in [0.2, 0.25) is 0 Å². The molecular weight excluding hydrogens is 423 g/mol. The van der Waals surface area contributed by atoms with Crippen LogP contribution >= 0.6 is 0 Å². The molecule has 0 radical (unpaired) electrons. The van der Waals surface area contributed by atoms with Gasteiger partial charge in [-0.3, -0.25) is 9.52 Å². The van der Waals surface area contributed by atoms with Crippen molar-refractivity contribution in [3.8, 4) is 11.5 Å². The Bertz CT molecular complexity index is 1260. The van der Waals surface area contributed by atoms with Crippen LogP contribution in [-0.4, -0.2) is 27.5 Å². The first-order valence-electron chi connectivity index (χ1n) is 9.42. The van der Waals surface area contributed by atoms with E-state index in [1.54, 1.807) is 19.1 Å². The molecular formula is C22H19FN2O5S. The maximum absolute atomic E-state index is 13.3. The molecule has 1 aliphatic heterocycles. The van der Waals surface area contributed by atoms with E-state index in [2.05, 4.69) is 10.0 Å². The number of amides is 1. The highest BCUT2D eigenvalue weighted by Crippen LogP contribution is 2.32. The number of carbonyl (C=O) groups is 1. The number of aryl methyl sites for hydroxylation is 1. The van der Waals surface area contributed by atoms with Crippen LogP contribution in [0.1, 0.15) is 15.9 Å². The molecule has 0 saturated carbocycles. The Hall–Kier alpha value is -3.59. The lowest BCUT2D eigenvalue weighted by Crippen LogP contribution is -2.18. The first kappa shape index (κ1) is 20.7. The molecule has 0 atom stereocenters. The first-order valence-corrected chi connectivity index (χ1v) is 10.9. The minimum Gasteiger partial charge on any atom is -0.486 e. The molecule has 0 aromatic heterocycles. The molecule has 3 aromatic rings. The molecule has 160 valence electrons. The largest absolute Gasteiger partial charge is 0.486 e. The summed E-state index contributed by atoms with van der Waals surface area (Å²) in [7, 11) is -3.92. The van der Waals surface area contributed by atoms with E-state index in [1.807, 2.05) is 0 Å². The number of carbonyl (C=O) groups excluding carboxylic acids is 1. The SMILES string of the molecule is Cc1cc(F)ccc1NC(=O)c1cccc(NS(=O)(=O)c2ccc3c(c2)OCCO3)c1. The lowest BCUT2D eigenvalue weighted by atomic mass is 10.1. The smallest absolute Gasteiger partial charge is 0.262 e.